The molecule has 1 aliphatic heterocycles. The second kappa shape index (κ2) is 9.09. The molecule has 0 unspecified atom stereocenters. The number of nitrogens with one attached hydrogen (secondary N) is 1. The van der Waals surface area contributed by atoms with Gasteiger partial charge >= 0.3 is 0 Å². The van der Waals surface area contributed by atoms with Crippen LogP contribution in [-0.2, 0) is 4.79 Å². The maximum atomic E-state index is 12.3. The molecule has 0 saturated carbocycles. The highest BCUT2D eigenvalue weighted by Gasteiger charge is 2.24. The number of benzene rings is 2. The molecule has 2 aromatic rings. The summed E-state index contributed by atoms with van der Waals surface area (Å²) in [6, 6.07) is 13.3. The summed E-state index contributed by atoms with van der Waals surface area (Å²) in [4.78, 5) is 17.3. The van der Waals surface area contributed by atoms with Crippen molar-refractivity contribution in [1.29, 1.82) is 0 Å². The summed E-state index contributed by atoms with van der Waals surface area (Å²) in [5.41, 5.74) is 1.64. The molecule has 1 fully saturated rings. The number of hydrogen-bond donors (Lipinski definition) is 1. The zero-order valence-electron chi connectivity index (χ0n) is 14.6. The van der Waals surface area contributed by atoms with Crippen LogP contribution in [0.5, 0.6) is 11.5 Å². The first-order chi connectivity index (χ1) is 13.1. The highest BCUT2D eigenvalue weighted by molar-refractivity contribution is 14.1. The van der Waals surface area contributed by atoms with Crippen LogP contribution in [0.1, 0.15) is 5.56 Å². The van der Waals surface area contributed by atoms with Crippen LogP contribution in [0.4, 0.5) is 5.69 Å². The number of aliphatic imine (C=N–C) groups is 1. The lowest BCUT2D eigenvalue weighted by Gasteiger charge is -2.12. The molecule has 5 nitrogen and oxygen atoms in total. The zero-order chi connectivity index (χ0) is 19.2. The molecule has 7 heteroatoms. The van der Waals surface area contributed by atoms with Gasteiger partial charge in [0.15, 0.2) is 16.7 Å². The fraction of sp³-hybridized carbons (Fsp3) is 0.100. The number of amidine groups is 1. The molecule has 27 heavy (non-hydrogen) atoms. The first-order valence-corrected chi connectivity index (χ1v) is 9.96. The van der Waals surface area contributed by atoms with Crippen molar-refractivity contribution in [3.05, 3.63) is 69.2 Å². The van der Waals surface area contributed by atoms with Gasteiger partial charge in [-0.05, 0) is 70.3 Å². The lowest BCUT2D eigenvalue weighted by molar-refractivity contribution is -0.115. The Hall–Kier alpha value is -2.26. The molecule has 1 aliphatic rings. The Morgan fingerprint density at radius 1 is 1.30 bits per heavy atom. The van der Waals surface area contributed by atoms with Gasteiger partial charge in [-0.25, -0.2) is 4.99 Å². The lowest BCUT2D eigenvalue weighted by atomic mass is 10.2. The second-order valence-corrected chi connectivity index (χ2v) is 7.64. The van der Waals surface area contributed by atoms with Crippen LogP contribution in [0.25, 0.3) is 6.08 Å². The van der Waals surface area contributed by atoms with Crippen molar-refractivity contribution in [2.24, 2.45) is 4.99 Å². The van der Waals surface area contributed by atoms with E-state index >= 15 is 0 Å². The van der Waals surface area contributed by atoms with Crippen LogP contribution in [0.2, 0.25) is 0 Å². The van der Waals surface area contributed by atoms with Crippen molar-refractivity contribution in [1.82, 2.24) is 5.32 Å². The molecule has 1 saturated heterocycles. The third-order valence-electron chi connectivity index (χ3n) is 3.53. The van der Waals surface area contributed by atoms with E-state index in [1.807, 2.05) is 48.5 Å². The molecule has 138 valence electrons. The maximum absolute atomic E-state index is 12.3. The van der Waals surface area contributed by atoms with Crippen molar-refractivity contribution < 1.29 is 14.3 Å². The number of carbonyl (C=O) groups is 1. The average molecular weight is 492 g/mol. The highest BCUT2D eigenvalue weighted by Crippen LogP contribution is 2.36. The van der Waals surface area contributed by atoms with E-state index in [2.05, 4.69) is 39.5 Å². The standard InChI is InChI=1S/C20H17IN2O3S/c1-3-9-26-18-15(21)10-13(11-16(18)25-2)12-17-19(24)23-20(27-17)22-14-7-5-4-6-8-14/h3-8,10-12H,1,9H2,2H3,(H,22,23,24). The first kappa shape index (κ1) is 19.5. The zero-order valence-corrected chi connectivity index (χ0v) is 17.5. The van der Waals surface area contributed by atoms with Crippen molar-refractivity contribution in [2.45, 2.75) is 0 Å². The molecule has 0 atom stereocenters. The number of ether oxygens (including phenoxy) is 2. The topological polar surface area (TPSA) is 59.9 Å². The van der Waals surface area contributed by atoms with Gasteiger partial charge in [0.2, 0.25) is 0 Å². The van der Waals surface area contributed by atoms with Gasteiger partial charge in [-0.3, -0.25) is 4.79 Å². The predicted molar refractivity (Wildman–Crippen MR) is 119 cm³/mol. The van der Waals surface area contributed by atoms with E-state index in [0.29, 0.717) is 28.2 Å². The Labute approximate surface area is 175 Å². The van der Waals surface area contributed by atoms with E-state index in [1.165, 1.54) is 11.8 Å². The smallest absolute Gasteiger partial charge is 0.264 e. The molecule has 0 radical (unpaired) electrons. The molecule has 0 aromatic heterocycles. The van der Waals surface area contributed by atoms with E-state index < -0.39 is 0 Å². The first-order valence-electron chi connectivity index (χ1n) is 8.06. The van der Waals surface area contributed by atoms with Gasteiger partial charge in [-0.1, -0.05) is 30.9 Å². The lowest BCUT2D eigenvalue weighted by Crippen LogP contribution is -2.19. The number of thioether (sulfide) groups is 1. The number of halogens is 1. The Balaban J connectivity index is 1.86. The highest BCUT2D eigenvalue weighted by atomic mass is 127. The van der Waals surface area contributed by atoms with E-state index in [9.17, 15) is 4.79 Å². The number of rotatable bonds is 6. The Morgan fingerprint density at radius 3 is 2.78 bits per heavy atom. The van der Waals surface area contributed by atoms with Gasteiger partial charge in [0, 0.05) is 0 Å². The molecule has 1 N–H and O–H groups in total. The SMILES string of the molecule is C=CCOc1c(I)cc(C=C2SC(=Nc3ccccc3)NC2=O)cc1OC. The van der Waals surface area contributed by atoms with Crippen LogP contribution in [0, 0.1) is 3.57 Å². The van der Waals surface area contributed by atoms with Crippen LogP contribution in [-0.4, -0.2) is 24.8 Å². The quantitative estimate of drug-likeness (QED) is 0.359. The number of hydrogen-bond acceptors (Lipinski definition) is 5. The summed E-state index contributed by atoms with van der Waals surface area (Å²) in [7, 11) is 1.59. The molecule has 0 bridgehead atoms. The Kier molecular flexibility index (Phi) is 6.57. The second-order valence-electron chi connectivity index (χ2n) is 5.45. The van der Waals surface area contributed by atoms with Crippen LogP contribution < -0.4 is 14.8 Å². The average Bonchev–Trinajstić information content (AvgIpc) is 3.00. The third kappa shape index (κ3) is 4.92. The summed E-state index contributed by atoms with van der Waals surface area (Å²) >= 11 is 3.49. The fourth-order valence-electron chi connectivity index (χ4n) is 2.36. The Bertz CT molecular complexity index is 926. The van der Waals surface area contributed by atoms with E-state index in [4.69, 9.17) is 9.47 Å². The van der Waals surface area contributed by atoms with Crippen molar-refractivity contribution in [3.63, 3.8) is 0 Å². The molecular weight excluding hydrogens is 475 g/mol. The summed E-state index contributed by atoms with van der Waals surface area (Å²) in [5.74, 6) is 1.10. The van der Waals surface area contributed by atoms with E-state index in [1.54, 1.807) is 13.2 Å². The van der Waals surface area contributed by atoms with Crippen LogP contribution >= 0.6 is 34.4 Å². The minimum atomic E-state index is -0.171. The molecular formula is C20H17IN2O3S. The van der Waals surface area contributed by atoms with Crippen molar-refractivity contribution >= 4 is 57.2 Å². The largest absolute Gasteiger partial charge is 0.493 e. The molecule has 0 spiro atoms. The number of para-hydroxylation sites is 1. The van der Waals surface area contributed by atoms with Gasteiger partial charge in [-0.2, -0.15) is 0 Å². The fourth-order valence-corrected chi connectivity index (χ4v) is 3.98. The summed E-state index contributed by atoms with van der Waals surface area (Å²) in [5, 5.41) is 3.35. The minimum Gasteiger partial charge on any atom is -0.493 e. The van der Waals surface area contributed by atoms with Gasteiger partial charge in [-0.15, -0.1) is 0 Å². The molecule has 1 amide bonds. The van der Waals surface area contributed by atoms with Crippen molar-refractivity contribution in [2.75, 3.05) is 13.7 Å². The molecule has 3 rings (SSSR count). The molecule has 0 aliphatic carbocycles. The molecule has 1 heterocycles. The van der Waals surface area contributed by atoms with Gasteiger partial charge < -0.3 is 14.8 Å². The van der Waals surface area contributed by atoms with Crippen LogP contribution in [0.15, 0.2) is 65.0 Å². The van der Waals surface area contributed by atoms with Crippen molar-refractivity contribution in [3.8, 4) is 11.5 Å². The monoisotopic (exact) mass is 492 g/mol. The molecule has 2 aromatic carbocycles. The van der Waals surface area contributed by atoms with E-state index in [-0.39, 0.29) is 5.91 Å². The van der Waals surface area contributed by atoms with Gasteiger partial charge in [0.1, 0.15) is 6.61 Å². The van der Waals surface area contributed by atoms with E-state index in [0.717, 1.165) is 14.8 Å². The minimum absolute atomic E-state index is 0.171. The number of carbonyl (C=O) groups excluding carboxylic acids is 1. The normalized spacial score (nSPS) is 16.4. The predicted octanol–water partition coefficient (Wildman–Crippen LogP) is 4.76. The van der Waals surface area contributed by atoms with Gasteiger partial charge in [0.25, 0.3) is 5.91 Å². The summed E-state index contributed by atoms with van der Waals surface area (Å²) in [6.45, 7) is 4.05. The third-order valence-corrected chi connectivity index (χ3v) is 5.24. The van der Waals surface area contributed by atoms with Crippen LogP contribution in [0.3, 0.4) is 0 Å². The summed E-state index contributed by atoms with van der Waals surface area (Å²) < 4.78 is 12.0. The number of methoxy groups -OCH3 is 1. The maximum Gasteiger partial charge on any atom is 0.264 e. The van der Waals surface area contributed by atoms with Gasteiger partial charge in [0.05, 0.1) is 21.3 Å². The summed E-state index contributed by atoms with van der Waals surface area (Å²) in [6.07, 6.45) is 3.49. The number of amides is 1. The number of nitrogens with zero attached hydrogens (tertiary/aromatic N) is 1. The Morgan fingerprint density at radius 2 is 2.07 bits per heavy atom.